The summed E-state index contributed by atoms with van der Waals surface area (Å²) in [6, 6.07) is 9.22. The van der Waals surface area contributed by atoms with Crippen molar-refractivity contribution in [1.82, 2.24) is 9.78 Å². The molecule has 0 radical (unpaired) electrons. The van der Waals surface area contributed by atoms with Gasteiger partial charge in [-0.2, -0.15) is 5.10 Å². The number of benzene rings is 1. The number of ether oxygens (including phenoxy) is 1. The molecule has 0 aliphatic rings. The normalized spacial score (nSPS) is 11.5. The summed E-state index contributed by atoms with van der Waals surface area (Å²) in [5.74, 6) is -0.407. The second-order valence-electron chi connectivity index (χ2n) is 5.72. The third kappa shape index (κ3) is 3.45. The van der Waals surface area contributed by atoms with Crippen LogP contribution in [0.4, 0.5) is 0 Å². The van der Waals surface area contributed by atoms with Gasteiger partial charge in [0.1, 0.15) is 0 Å². The molecule has 0 amide bonds. The van der Waals surface area contributed by atoms with Gasteiger partial charge in [-0.05, 0) is 51.5 Å². The number of aromatic nitrogens is 2. The SMILES string of the molecule is CCOC(=O)c1cc(-c2ccc(Cl)cc2)n(C(C)(C)C)n1. The first-order chi connectivity index (χ1) is 9.82. The van der Waals surface area contributed by atoms with Crippen LogP contribution >= 0.6 is 11.6 Å². The number of rotatable bonds is 3. The van der Waals surface area contributed by atoms with Gasteiger partial charge in [0.25, 0.3) is 0 Å². The highest BCUT2D eigenvalue weighted by molar-refractivity contribution is 6.30. The number of carbonyl (C=O) groups excluding carboxylic acids is 1. The quantitative estimate of drug-likeness (QED) is 0.801. The minimum atomic E-state index is -0.407. The van der Waals surface area contributed by atoms with Gasteiger partial charge in [-0.25, -0.2) is 4.79 Å². The van der Waals surface area contributed by atoms with Gasteiger partial charge in [0.15, 0.2) is 5.69 Å². The van der Waals surface area contributed by atoms with E-state index in [0.717, 1.165) is 11.3 Å². The highest BCUT2D eigenvalue weighted by Gasteiger charge is 2.23. The summed E-state index contributed by atoms with van der Waals surface area (Å²) in [7, 11) is 0. The lowest BCUT2D eigenvalue weighted by Gasteiger charge is -2.22. The molecule has 0 spiro atoms. The Morgan fingerprint density at radius 2 is 1.90 bits per heavy atom. The molecule has 0 bridgehead atoms. The van der Waals surface area contributed by atoms with E-state index in [1.54, 1.807) is 13.0 Å². The largest absolute Gasteiger partial charge is 0.461 e. The Labute approximate surface area is 129 Å². The average Bonchev–Trinajstić information content (AvgIpc) is 2.85. The Balaban J connectivity index is 2.52. The van der Waals surface area contributed by atoms with Crippen molar-refractivity contribution in [3.05, 3.63) is 41.0 Å². The highest BCUT2D eigenvalue weighted by Crippen LogP contribution is 2.27. The van der Waals surface area contributed by atoms with Gasteiger partial charge in [-0.1, -0.05) is 23.7 Å². The zero-order valence-electron chi connectivity index (χ0n) is 12.7. The average molecular weight is 307 g/mol. The molecule has 1 aromatic heterocycles. The van der Waals surface area contributed by atoms with Crippen molar-refractivity contribution >= 4 is 17.6 Å². The Kier molecular flexibility index (Phi) is 4.37. The van der Waals surface area contributed by atoms with Crippen molar-refractivity contribution in [1.29, 1.82) is 0 Å². The number of nitrogens with zero attached hydrogens (tertiary/aromatic N) is 2. The molecule has 5 heteroatoms. The fraction of sp³-hybridized carbons (Fsp3) is 0.375. The predicted octanol–water partition coefficient (Wildman–Crippen LogP) is 4.14. The summed E-state index contributed by atoms with van der Waals surface area (Å²) in [4.78, 5) is 11.9. The molecule has 0 aliphatic carbocycles. The van der Waals surface area contributed by atoms with Gasteiger partial charge in [0, 0.05) is 5.02 Å². The van der Waals surface area contributed by atoms with Crippen LogP contribution in [0.1, 0.15) is 38.2 Å². The Morgan fingerprint density at radius 3 is 2.43 bits per heavy atom. The van der Waals surface area contributed by atoms with Crippen LogP contribution in [-0.2, 0) is 10.3 Å². The van der Waals surface area contributed by atoms with Crippen LogP contribution < -0.4 is 0 Å². The minimum absolute atomic E-state index is 0.250. The molecule has 112 valence electrons. The van der Waals surface area contributed by atoms with Gasteiger partial charge in [0.2, 0.25) is 0 Å². The monoisotopic (exact) mass is 306 g/mol. The van der Waals surface area contributed by atoms with Crippen LogP contribution in [0.2, 0.25) is 5.02 Å². The summed E-state index contributed by atoms with van der Waals surface area (Å²) in [5, 5.41) is 5.08. The maximum atomic E-state index is 11.9. The summed E-state index contributed by atoms with van der Waals surface area (Å²) in [5.41, 5.74) is 1.89. The number of esters is 1. The minimum Gasteiger partial charge on any atom is -0.461 e. The van der Waals surface area contributed by atoms with Gasteiger partial charge in [-0.15, -0.1) is 0 Å². The third-order valence-corrected chi connectivity index (χ3v) is 3.22. The molecule has 4 nitrogen and oxygen atoms in total. The van der Waals surface area contributed by atoms with E-state index in [4.69, 9.17) is 16.3 Å². The Hall–Kier alpha value is -1.81. The standard InChI is InChI=1S/C16H19ClN2O2/c1-5-21-15(20)13-10-14(19(18-13)16(2,3)4)11-6-8-12(17)9-7-11/h6-10H,5H2,1-4H3. The van der Waals surface area contributed by atoms with Gasteiger partial charge in [-0.3, -0.25) is 4.68 Å². The zero-order valence-corrected chi connectivity index (χ0v) is 13.4. The molecule has 2 aromatic rings. The first-order valence-corrected chi connectivity index (χ1v) is 7.24. The first kappa shape index (κ1) is 15.6. The molecule has 0 unspecified atom stereocenters. The lowest BCUT2D eigenvalue weighted by Crippen LogP contribution is -2.24. The fourth-order valence-corrected chi connectivity index (χ4v) is 2.15. The van der Waals surface area contributed by atoms with Crippen LogP contribution in [-0.4, -0.2) is 22.4 Å². The Bertz CT molecular complexity index is 639. The first-order valence-electron chi connectivity index (χ1n) is 6.86. The van der Waals surface area contributed by atoms with E-state index >= 15 is 0 Å². The maximum Gasteiger partial charge on any atom is 0.358 e. The highest BCUT2D eigenvalue weighted by atomic mass is 35.5. The van der Waals surface area contributed by atoms with Crippen molar-refractivity contribution < 1.29 is 9.53 Å². The number of carbonyl (C=O) groups is 1. The summed E-state index contributed by atoms with van der Waals surface area (Å²) < 4.78 is 6.86. The van der Waals surface area contributed by atoms with Crippen molar-refractivity contribution in [3.8, 4) is 11.3 Å². The molecule has 0 saturated heterocycles. The zero-order chi connectivity index (χ0) is 15.6. The molecule has 1 aromatic carbocycles. The number of hydrogen-bond donors (Lipinski definition) is 0. The van der Waals surface area contributed by atoms with Crippen LogP contribution in [0.3, 0.4) is 0 Å². The van der Waals surface area contributed by atoms with Crippen molar-refractivity contribution in [2.45, 2.75) is 33.2 Å². The lowest BCUT2D eigenvalue weighted by atomic mass is 10.1. The fourth-order valence-electron chi connectivity index (χ4n) is 2.02. The van der Waals surface area contributed by atoms with Crippen LogP contribution in [0, 0.1) is 0 Å². The summed E-state index contributed by atoms with van der Waals surface area (Å²) >= 11 is 5.93. The van der Waals surface area contributed by atoms with Gasteiger partial charge < -0.3 is 4.74 Å². The second kappa shape index (κ2) is 5.90. The molecule has 0 N–H and O–H groups in total. The summed E-state index contributed by atoms with van der Waals surface area (Å²) in [6.45, 7) is 8.22. The van der Waals surface area contributed by atoms with Crippen LogP contribution in [0.5, 0.6) is 0 Å². The molecule has 21 heavy (non-hydrogen) atoms. The molecule has 2 rings (SSSR count). The molecule has 0 atom stereocenters. The van der Waals surface area contributed by atoms with Gasteiger partial charge >= 0.3 is 5.97 Å². The molecule has 0 aliphatic heterocycles. The van der Waals surface area contributed by atoms with E-state index in [1.807, 2.05) is 49.7 Å². The van der Waals surface area contributed by atoms with Crippen molar-refractivity contribution in [3.63, 3.8) is 0 Å². The van der Waals surface area contributed by atoms with E-state index in [2.05, 4.69) is 5.10 Å². The van der Waals surface area contributed by atoms with Crippen LogP contribution in [0.15, 0.2) is 30.3 Å². The molecule has 1 heterocycles. The van der Waals surface area contributed by atoms with E-state index in [9.17, 15) is 4.79 Å². The third-order valence-electron chi connectivity index (χ3n) is 2.97. The number of halogens is 1. The molecule has 0 fully saturated rings. The van der Waals surface area contributed by atoms with E-state index in [-0.39, 0.29) is 5.54 Å². The molecule has 0 saturated carbocycles. The van der Waals surface area contributed by atoms with E-state index in [0.29, 0.717) is 17.3 Å². The molecular formula is C16H19ClN2O2. The predicted molar refractivity (Wildman–Crippen MR) is 83.6 cm³/mol. The van der Waals surface area contributed by atoms with Crippen LogP contribution in [0.25, 0.3) is 11.3 Å². The topological polar surface area (TPSA) is 44.1 Å². The van der Waals surface area contributed by atoms with Crippen molar-refractivity contribution in [2.24, 2.45) is 0 Å². The lowest BCUT2D eigenvalue weighted by molar-refractivity contribution is 0.0517. The summed E-state index contributed by atoms with van der Waals surface area (Å²) in [6.07, 6.45) is 0. The van der Waals surface area contributed by atoms with Crippen molar-refractivity contribution in [2.75, 3.05) is 6.61 Å². The smallest absolute Gasteiger partial charge is 0.358 e. The van der Waals surface area contributed by atoms with E-state index in [1.165, 1.54) is 0 Å². The second-order valence-corrected chi connectivity index (χ2v) is 6.16. The van der Waals surface area contributed by atoms with Gasteiger partial charge in [0.05, 0.1) is 17.8 Å². The number of hydrogen-bond acceptors (Lipinski definition) is 3. The van der Waals surface area contributed by atoms with E-state index < -0.39 is 5.97 Å². The Morgan fingerprint density at radius 1 is 1.29 bits per heavy atom. The molecular weight excluding hydrogens is 288 g/mol. The maximum absolute atomic E-state index is 11.9.